The Bertz CT molecular complexity index is 629. The normalized spacial score (nSPS) is 18.7. The summed E-state index contributed by atoms with van der Waals surface area (Å²) < 4.78 is 5.68. The third-order valence-electron chi connectivity index (χ3n) is 4.43. The molecule has 0 amide bonds. The fraction of sp³-hybridized carbons (Fsp3) is 0.444. The number of carbonyl (C=O) groups is 1. The number of hydrogen-bond acceptors (Lipinski definition) is 4. The Balaban J connectivity index is 1.64. The Kier molecular flexibility index (Phi) is 4.39. The summed E-state index contributed by atoms with van der Waals surface area (Å²) in [5, 5.41) is 0. The Hall–Kier alpha value is -1.94. The van der Waals surface area contributed by atoms with Gasteiger partial charge in [-0.3, -0.25) is 9.69 Å². The van der Waals surface area contributed by atoms with Gasteiger partial charge in [0.1, 0.15) is 5.76 Å². The fourth-order valence-corrected chi connectivity index (χ4v) is 3.07. The topological polar surface area (TPSA) is 46.3 Å². The zero-order chi connectivity index (χ0) is 15.5. The summed E-state index contributed by atoms with van der Waals surface area (Å²) >= 11 is 0. The van der Waals surface area contributed by atoms with Crippen LogP contribution in [0.25, 0.3) is 0 Å². The number of ketones is 1. The molecular formula is C18H22N2O2. The largest absolute Gasteiger partial charge is 0.444 e. The first-order valence-corrected chi connectivity index (χ1v) is 7.88. The number of rotatable bonds is 5. The first-order chi connectivity index (χ1) is 10.6. The molecule has 22 heavy (non-hydrogen) atoms. The summed E-state index contributed by atoms with van der Waals surface area (Å²) in [6.07, 6.45) is 2.77. The number of carbonyl (C=O) groups excluding carboxylic acids is 1. The highest BCUT2D eigenvalue weighted by molar-refractivity contribution is 5.96. The third kappa shape index (κ3) is 3.28. The predicted molar refractivity (Wildman–Crippen MR) is 84.8 cm³/mol. The zero-order valence-corrected chi connectivity index (χ0v) is 13.2. The van der Waals surface area contributed by atoms with Crippen LogP contribution in [0, 0.1) is 13.8 Å². The van der Waals surface area contributed by atoms with Crippen molar-refractivity contribution in [1.29, 1.82) is 0 Å². The summed E-state index contributed by atoms with van der Waals surface area (Å²) in [7, 11) is 0. The monoisotopic (exact) mass is 298 g/mol. The van der Waals surface area contributed by atoms with E-state index in [1.807, 2.05) is 44.2 Å². The van der Waals surface area contributed by atoms with Crippen molar-refractivity contribution in [3.63, 3.8) is 0 Å². The summed E-state index contributed by atoms with van der Waals surface area (Å²) in [5.41, 5.74) is 1.75. The van der Waals surface area contributed by atoms with Crippen LogP contribution in [0.2, 0.25) is 0 Å². The van der Waals surface area contributed by atoms with Crippen LogP contribution in [-0.4, -0.2) is 28.3 Å². The fourth-order valence-electron chi connectivity index (χ4n) is 3.07. The summed E-state index contributed by atoms with van der Waals surface area (Å²) in [4.78, 5) is 19.2. The predicted octanol–water partition coefficient (Wildman–Crippen LogP) is 3.53. The van der Waals surface area contributed by atoms with Gasteiger partial charge < -0.3 is 4.42 Å². The standard InChI is InChI=1S/C18H22N2O2/c1-13-14(2)22-18(19-13)12-20-10-6-9-16(20)11-17(21)15-7-4-3-5-8-15/h3-5,7-8,16H,6,9-12H2,1-2H3. The second-order valence-electron chi connectivity index (χ2n) is 6.01. The second-order valence-corrected chi connectivity index (χ2v) is 6.01. The maximum atomic E-state index is 12.4. The van der Waals surface area contributed by atoms with Crippen molar-refractivity contribution in [2.24, 2.45) is 0 Å². The Labute approximate surface area is 131 Å². The van der Waals surface area contributed by atoms with Crippen LogP contribution in [0.5, 0.6) is 0 Å². The SMILES string of the molecule is Cc1nc(CN2CCCC2CC(=O)c2ccccc2)oc1C. The molecule has 2 aromatic rings. The average molecular weight is 298 g/mol. The smallest absolute Gasteiger partial charge is 0.208 e. The number of benzene rings is 1. The molecule has 0 aliphatic carbocycles. The van der Waals surface area contributed by atoms with Gasteiger partial charge >= 0.3 is 0 Å². The average Bonchev–Trinajstić information content (AvgIpc) is 3.07. The molecule has 1 aliphatic rings. The summed E-state index contributed by atoms with van der Waals surface area (Å²) in [5.74, 6) is 1.86. The molecule has 1 fully saturated rings. The molecule has 1 aromatic heterocycles. The maximum Gasteiger partial charge on any atom is 0.208 e. The first kappa shape index (κ1) is 15.0. The van der Waals surface area contributed by atoms with Crippen LogP contribution in [0.1, 0.15) is 47.0 Å². The molecule has 0 bridgehead atoms. The molecule has 1 saturated heterocycles. The molecule has 0 radical (unpaired) electrons. The highest BCUT2D eigenvalue weighted by Gasteiger charge is 2.28. The van der Waals surface area contributed by atoms with Crippen LogP contribution in [0.3, 0.4) is 0 Å². The first-order valence-electron chi connectivity index (χ1n) is 7.88. The van der Waals surface area contributed by atoms with E-state index in [2.05, 4.69) is 9.88 Å². The Morgan fingerprint density at radius 3 is 2.77 bits per heavy atom. The van der Waals surface area contributed by atoms with Gasteiger partial charge in [0, 0.05) is 18.0 Å². The highest BCUT2D eigenvalue weighted by Crippen LogP contribution is 2.24. The Morgan fingerprint density at radius 1 is 1.32 bits per heavy atom. The van der Waals surface area contributed by atoms with E-state index in [1.165, 1.54) is 0 Å². The second kappa shape index (κ2) is 6.44. The van der Waals surface area contributed by atoms with Gasteiger partial charge in [-0.2, -0.15) is 0 Å². The lowest BCUT2D eigenvalue weighted by molar-refractivity contribution is 0.0933. The van der Waals surface area contributed by atoms with Crippen LogP contribution in [-0.2, 0) is 6.54 Å². The molecule has 0 saturated carbocycles. The van der Waals surface area contributed by atoms with Crippen molar-refractivity contribution in [3.8, 4) is 0 Å². The van der Waals surface area contributed by atoms with Gasteiger partial charge in [0.15, 0.2) is 5.78 Å². The molecule has 1 unspecified atom stereocenters. The molecule has 2 heterocycles. The van der Waals surface area contributed by atoms with E-state index >= 15 is 0 Å². The van der Waals surface area contributed by atoms with Gasteiger partial charge in [-0.1, -0.05) is 30.3 Å². The van der Waals surface area contributed by atoms with E-state index in [0.717, 1.165) is 42.3 Å². The van der Waals surface area contributed by atoms with Gasteiger partial charge in [0.2, 0.25) is 5.89 Å². The zero-order valence-electron chi connectivity index (χ0n) is 13.2. The van der Waals surface area contributed by atoms with E-state index in [0.29, 0.717) is 19.0 Å². The van der Waals surface area contributed by atoms with E-state index in [9.17, 15) is 4.79 Å². The number of likely N-dealkylation sites (tertiary alicyclic amines) is 1. The number of aromatic nitrogens is 1. The van der Waals surface area contributed by atoms with Crippen molar-refractivity contribution in [3.05, 3.63) is 53.2 Å². The minimum absolute atomic E-state index is 0.220. The van der Waals surface area contributed by atoms with E-state index < -0.39 is 0 Å². The van der Waals surface area contributed by atoms with Crippen LogP contribution in [0.4, 0.5) is 0 Å². The van der Waals surface area contributed by atoms with Crippen LogP contribution < -0.4 is 0 Å². The number of nitrogens with zero attached hydrogens (tertiary/aromatic N) is 2. The van der Waals surface area contributed by atoms with Gasteiger partial charge in [-0.15, -0.1) is 0 Å². The minimum atomic E-state index is 0.220. The molecule has 1 aliphatic heterocycles. The van der Waals surface area contributed by atoms with E-state index in [1.54, 1.807) is 0 Å². The number of aryl methyl sites for hydroxylation is 2. The van der Waals surface area contributed by atoms with E-state index in [4.69, 9.17) is 4.42 Å². The number of Topliss-reactive ketones (excluding diaryl/α,β-unsaturated/α-hetero) is 1. The lowest BCUT2D eigenvalue weighted by Gasteiger charge is -2.22. The molecule has 4 heteroatoms. The van der Waals surface area contributed by atoms with Crippen molar-refractivity contribution in [2.75, 3.05) is 6.54 Å². The maximum absolute atomic E-state index is 12.4. The molecule has 0 spiro atoms. The van der Waals surface area contributed by atoms with Crippen molar-refractivity contribution >= 4 is 5.78 Å². The summed E-state index contributed by atoms with van der Waals surface area (Å²) in [6.45, 7) is 5.60. The summed E-state index contributed by atoms with van der Waals surface area (Å²) in [6, 6.07) is 9.84. The molecule has 1 aromatic carbocycles. The van der Waals surface area contributed by atoms with Gasteiger partial charge in [-0.25, -0.2) is 4.98 Å². The minimum Gasteiger partial charge on any atom is -0.444 e. The Morgan fingerprint density at radius 2 is 2.09 bits per heavy atom. The molecule has 3 rings (SSSR count). The quantitative estimate of drug-likeness (QED) is 0.792. The highest BCUT2D eigenvalue weighted by atomic mass is 16.4. The molecule has 4 nitrogen and oxygen atoms in total. The van der Waals surface area contributed by atoms with Gasteiger partial charge in [0.25, 0.3) is 0 Å². The number of oxazole rings is 1. The van der Waals surface area contributed by atoms with Gasteiger partial charge in [0.05, 0.1) is 12.2 Å². The van der Waals surface area contributed by atoms with Crippen molar-refractivity contribution in [1.82, 2.24) is 9.88 Å². The molecule has 0 N–H and O–H groups in total. The van der Waals surface area contributed by atoms with Crippen molar-refractivity contribution < 1.29 is 9.21 Å². The van der Waals surface area contributed by atoms with Gasteiger partial charge in [-0.05, 0) is 33.2 Å². The molecule has 116 valence electrons. The number of hydrogen-bond donors (Lipinski definition) is 0. The van der Waals surface area contributed by atoms with Crippen LogP contribution >= 0.6 is 0 Å². The van der Waals surface area contributed by atoms with E-state index in [-0.39, 0.29) is 5.78 Å². The van der Waals surface area contributed by atoms with Crippen LogP contribution in [0.15, 0.2) is 34.7 Å². The molecule has 1 atom stereocenters. The third-order valence-corrected chi connectivity index (χ3v) is 4.43. The lowest BCUT2D eigenvalue weighted by Crippen LogP contribution is -2.31. The van der Waals surface area contributed by atoms with Crippen molar-refractivity contribution in [2.45, 2.75) is 45.7 Å². The molecular weight excluding hydrogens is 276 g/mol. The lowest BCUT2D eigenvalue weighted by atomic mass is 10.0.